The van der Waals surface area contributed by atoms with Crippen LogP contribution in [0.15, 0.2) is 60.8 Å². The molecule has 0 amide bonds. The number of ether oxygens (including phenoxy) is 8. The Morgan fingerprint density at radius 3 is 1.34 bits per heavy atom. The second-order valence-corrected chi connectivity index (χ2v) is 15.3. The number of nitrogens with one attached hydrogen (secondary N) is 4. The lowest BCUT2D eigenvalue weighted by Gasteiger charge is -2.15. The number of fused-ring (bicyclic) bond motifs is 4. The number of benzene rings is 4. The van der Waals surface area contributed by atoms with Gasteiger partial charge in [0.25, 0.3) is 0 Å². The van der Waals surface area contributed by atoms with E-state index in [-0.39, 0.29) is 74.0 Å². The Balaban J connectivity index is 1.51. The molecule has 0 saturated carbocycles. The molecule has 0 aliphatic rings. The predicted octanol–water partition coefficient (Wildman–Crippen LogP) is 8.02. The van der Waals surface area contributed by atoms with Gasteiger partial charge in [-0.1, -0.05) is 0 Å². The minimum Gasteiger partial charge on any atom is -0.423 e. The van der Waals surface area contributed by atoms with Gasteiger partial charge in [0.2, 0.25) is 0 Å². The van der Waals surface area contributed by atoms with Gasteiger partial charge in [-0.05, 0) is 42.5 Å². The average molecular weight is 927 g/mol. The summed E-state index contributed by atoms with van der Waals surface area (Å²) in [6.07, 6.45) is 1.62. The Hall–Kier alpha value is -9.20. The molecule has 8 aromatic rings. The number of hydrogen-bond acceptors (Lipinski definition) is 16. The van der Waals surface area contributed by atoms with Crippen LogP contribution in [0.5, 0.6) is 46.0 Å². The third-order valence-electron chi connectivity index (χ3n) is 9.95. The Kier molecular flexibility index (Phi) is 11.8. The molecule has 4 aromatic heterocycles. The summed E-state index contributed by atoms with van der Waals surface area (Å²) in [6.45, 7) is 9.36. The number of aromatic nitrogens is 4. The summed E-state index contributed by atoms with van der Waals surface area (Å²) in [6, 6.07) is 13.8. The smallest absolute Gasteiger partial charge is 0.308 e. The van der Waals surface area contributed by atoms with Gasteiger partial charge in [0.05, 0.1) is 39.1 Å². The molecule has 0 aliphatic heterocycles. The molecule has 0 spiro atoms. The third kappa shape index (κ3) is 8.92. The summed E-state index contributed by atoms with van der Waals surface area (Å²) in [5.74, 6) is -6.88. The highest BCUT2D eigenvalue weighted by atomic mass is 16.6. The number of aromatic amines is 4. The molecule has 0 aliphatic carbocycles. The zero-order valence-electron chi connectivity index (χ0n) is 37.3. The van der Waals surface area contributed by atoms with Crippen molar-refractivity contribution in [2.75, 3.05) is 0 Å². The van der Waals surface area contributed by atoms with Gasteiger partial charge in [-0.25, -0.2) is 0 Å². The van der Waals surface area contributed by atoms with Crippen molar-refractivity contribution < 1.29 is 76.3 Å². The monoisotopic (exact) mass is 926 g/mol. The molecule has 4 aromatic carbocycles. The molecule has 0 bridgehead atoms. The van der Waals surface area contributed by atoms with Crippen molar-refractivity contribution in [1.82, 2.24) is 19.9 Å². The maximum absolute atomic E-state index is 12.8. The van der Waals surface area contributed by atoms with Crippen molar-refractivity contribution in [2.24, 2.45) is 0 Å². The van der Waals surface area contributed by atoms with E-state index in [1.165, 1.54) is 71.0 Å². The summed E-state index contributed by atoms with van der Waals surface area (Å²) < 4.78 is 44.7. The van der Waals surface area contributed by atoms with Crippen LogP contribution < -0.4 is 37.9 Å². The van der Waals surface area contributed by atoms with E-state index < -0.39 is 47.8 Å². The molecule has 0 atom stereocenters. The van der Waals surface area contributed by atoms with E-state index >= 15 is 0 Å². The van der Waals surface area contributed by atoms with Crippen LogP contribution in [-0.2, 0) is 38.4 Å². The molecule has 4 heterocycles. The molecule has 346 valence electrons. The lowest BCUT2D eigenvalue weighted by Crippen LogP contribution is -2.08. The Morgan fingerprint density at radius 1 is 0.368 bits per heavy atom. The molecule has 0 radical (unpaired) electrons. The fourth-order valence-electron chi connectivity index (χ4n) is 7.86. The highest BCUT2D eigenvalue weighted by Gasteiger charge is 2.30. The third-order valence-corrected chi connectivity index (χ3v) is 9.95. The van der Waals surface area contributed by atoms with Gasteiger partial charge in [-0.3, -0.25) is 38.4 Å². The first-order valence-corrected chi connectivity index (χ1v) is 20.4. The number of H-pyrrole nitrogens is 4. The van der Waals surface area contributed by atoms with Gasteiger partial charge >= 0.3 is 47.8 Å². The largest absolute Gasteiger partial charge is 0.423 e. The van der Waals surface area contributed by atoms with Crippen LogP contribution in [0.25, 0.3) is 77.4 Å². The van der Waals surface area contributed by atoms with Gasteiger partial charge in [-0.15, -0.1) is 0 Å². The molecule has 0 saturated heterocycles. The van der Waals surface area contributed by atoms with Crippen LogP contribution in [0.4, 0.5) is 0 Å². The molecule has 0 fully saturated rings. The first kappa shape index (κ1) is 45.4. The summed E-state index contributed by atoms with van der Waals surface area (Å²) in [5.41, 5.74) is 2.81. The molecule has 20 nitrogen and oxygen atoms in total. The highest BCUT2D eigenvalue weighted by Crippen LogP contribution is 2.52. The number of rotatable bonds is 11. The lowest BCUT2D eigenvalue weighted by molar-refractivity contribution is -0.134. The van der Waals surface area contributed by atoms with Gasteiger partial charge in [-0.2, -0.15) is 0 Å². The Labute approximate surface area is 382 Å². The van der Waals surface area contributed by atoms with Crippen molar-refractivity contribution in [3.63, 3.8) is 0 Å². The van der Waals surface area contributed by atoms with E-state index in [0.29, 0.717) is 49.4 Å². The summed E-state index contributed by atoms with van der Waals surface area (Å²) in [4.78, 5) is 113. The second kappa shape index (κ2) is 17.6. The fourth-order valence-corrected chi connectivity index (χ4v) is 7.86. The number of carbonyl (C=O) groups excluding carboxylic acids is 8. The van der Waals surface area contributed by atoms with E-state index in [1.807, 2.05) is 0 Å². The van der Waals surface area contributed by atoms with Crippen LogP contribution in [-0.4, -0.2) is 67.7 Å². The maximum Gasteiger partial charge on any atom is 0.308 e. The van der Waals surface area contributed by atoms with E-state index in [9.17, 15) is 38.4 Å². The standard InChI is InChI=1S/C48H38N4O16/c1-19(53)61-35-14-28-11-34(50-31(28)17-37(35)63-21(3)55)42-45-29(15-40(66-24(6)58)47(42)67-25(7)59)12-33(52-45)41-30-16-36(62-20(2)54)38(64-22(4)56)18-32(30)51-46(41)43-44-27(9-10-49-44)13-39(65-23(5)57)48(43)68-26(8)60/h9-18,49-52H,1-8H3. The normalized spacial score (nSPS) is 11.1. The number of esters is 8. The molecule has 8 rings (SSSR count). The van der Waals surface area contributed by atoms with Gasteiger partial charge < -0.3 is 57.8 Å². The zero-order valence-corrected chi connectivity index (χ0v) is 37.3. The number of hydrogen-bond donors (Lipinski definition) is 4. The molecular formula is C48H38N4O16. The highest BCUT2D eigenvalue weighted by molar-refractivity contribution is 6.13. The van der Waals surface area contributed by atoms with Crippen molar-refractivity contribution >= 4 is 91.4 Å². The van der Waals surface area contributed by atoms with E-state index in [2.05, 4.69) is 19.9 Å². The van der Waals surface area contributed by atoms with Crippen LogP contribution >= 0.6 is 0 Å². The van der Waals surface area contributed by atoms with Crippen molar-refractivity contribution in [3.8, 4) is 79.8 Å². The van der Waals surface area contributed by atoms with Crippen LogP contribution in [0.1, 0.15) is 55.4 Å². The summed E-state index contributed by atoms with van der Waals surface area (Å²) in [5, 5.41) is 1.69. The summed E-state index contributed by atoms with van der Waals surface area (Å²) >= 11 is 0. The second-order valence-electron chi connectivity index (χ2n) is 15.3. The summed E-state index contributed by atoms with van der Waals surface area (Å²) in [7, 11) is 0. The van der Waals surface area contributed by atoms with Gasteiger partial charge in [0, 0.05) is 112 Å². The van der Waals surface area contributed by atoms with Crippen molar-refractivity contribution in [1.29, 1.82) is 0 Å². The van der Waals surface area contributed by atoms with E-state index in [1.54, 1.807) is 24.4 Å². The van der Waals surface area contributed by atoms with E-state index in [4.69, 9.17) is 37.9 Å². The number of carbonyl (C=O) groups is 8. The maximum atomic E-state index is 12.8. The lowest BCUT2D eigenvalue weighted by atomic mass is 9.99. The molecule has 0 unspecified atom stereocenters. The Bertz CT molecular complexity index is 3460. The van der Waals surface area contributed by atoms with Crippen molar-refractivity contribution in [3.05, 3.63) is 60.8 Å². The van der Waals surface area contributed by atoms with Gasteiger partial charge in [0.15, 0.2) is 46.0 Å². The first-order chi connectivity index (χ1) is 32.2. The quantitative estimate of drug-likeness (QED) is 0.0706. The minimum absolute atomic E-state index is 0.0640. The van der Waals surface area contributed by atoms with Crippen LogP contribution in [0.2, 0.25) is 0 Å². The minimum atomic E-state index is -0.780. The van der Waals surface area contributed by atoms with Crippen molar-refractivity contribution in [2.45, 2.75) is 55.4 Å². The molecule has 20 heteroatoms. The van der Waals surface area contributed by atoms with Gasteiger partial charge in [0.1, 0.15) is 0 Å². The fraction of sp³-hybridized carbons (Fsp3) is 0.167. The predicted molar refractivity (Wildman–Crippen MR) is 241 cm³/mol. The zero-order chi connectivity index (χ0) is 48.9. The van der Waals surface area contributed by atoms with Crippen LogP contribution in [0, 0.1) is 0 Å². The molecule has 68 heavy (non-hydrogen) atoms. The van der Waals surface area contributed by atoms with E-state index in [0.717, 1.165) is 20.8 Å². The first-order valence-electron chi connectivity index (χ1n) is 20.4. The SMILES string of the molecule is CC(=O)Oc1cc2cc(-c3c(OC(C)=O)c(OC(C)=O)cc4cc(-c5c(-c6c(OC(C)=O)c(OC(C)=O)cc7cc[nH]c67)[nH]c6cc(OC(C)=O)c(OC(C)=O)cc56)[nH]c34)[nH]c2cc1OC(C)=O. The average Bonchev–Trinajstić information content (AvgIpc) is 4.02. The van der Waals surface area contributed by atoms with Crippen LogP contribution in [0.3, 0.4) is 0 Å². The molecular weight excluding hydrogens is 889 g/mol. The topological polar surface area (TPSA) is 274 Å². The molecule has 4 N–H and O–H groups in total. The Morgan fingerprint density at radius 2 is 0.794 bits per heavy atom.